The molecule has 0 aromatic heterocycles. The molecule has 2 rings (SSSR count). The predicted molar refractivity (Wildman–Crippen MR) is 86.5 cm³/mol. The van der Waals surface area contributed by atoms with Crippen molar-refractivity contribution in [2.24, 2.45) is 0 Å². The van der Waals surface area contributed by atoms with E-state index < -0.39 is 0 Å². The summed E-state index contributed by atoms with van der Waals surface area (Å²) in [7, 11) is 1.56. The average Bonchev–Trinajstić information content (AvgIpc) is 2.43. The van der Waals surface area contributed by atoms with Gasteiger partial charge in [-0.2, -0.15) is 0 Å². The van der Waals surface area contributed by atoms with Crippen molar-refractivity contribution < 1.29 is 9.53 Å². The van der Waals surface area contributed by atoms with Crippen LogP contribution in [0.15, 0.2) is 36.4 Å². The van der Waals surface area contributed by atoms with Crippen molar-refractivity contribution in [3.8, 4) is 5.75 Å². The Bertz CT molecular complexity index is 651. The molecule has 110 valence electrons. The van der Waals surface area contributed by atoms with Crippen LogP contribution in [0.4, 0.5) is 5.69 Å². The van der Waals surface area contributed by atoms with Gasteiger partial charge in [0, 0.05) is 10.0 Å². The first-order valence-corrected chi connectivity index (χ1v) is 7.14. The first kappa shape index (κ1) is 15.7. The van der Waals surface area contributed by atoms with Gasteiger partial charge in [0.05, 0.1) is 19.2 Å². The molecule has 0 aliphatic carbocycles. The van der Waals surface area contributed by atoms with Gasteiger partial charge in [0.2, 0.25) is 5.91 Å². The molecule has 0 saturated carbocycles. The summed E-state index contributed by atoms with van der Waals surface area (Å²) in [6.45, 7) is 1.94. The van der Waals surface area contributed by atoms with Gasteiger partial charge in [0.15, 0.2) is 0 Å². The molecule has 0 aliphatic heterocycles. The number of rotatable bonds is 4. The van der Waals surface area contributed by atoms with E-state index in [1.807, 2.05) is 25.1 Å². The van der Waals surface area contributed by atoms with Gasteiger partial charge in [-0.15, -0.1) is 0 Å². The molecule has 3 nitrogen and oxygen atoms in total. The highest BCUT2D eigenvalue weighted by molar-refractivity contribution is 6.36. The molecule has 2 aromatic rings. The number of benzene rings is 2. The van der Waals surface area contributed by atoms with Gasteiger partial charge in [-0.25, -0.2) is 0 Å². The summed E-state index contributed by atoms with van der Waals surface area (Å²) in [5.41, 5.74) is 2.28. The van der Waals surface area contributed by atoms with Crippen LogP contribution < -0.4 is 10.1 Å². The predicted octanol–water partition coefficient (Wildman–Crippen LogP) is 4.49. The molecule has 5 heteroatoms. The van der Waals surface area contributed by atoms with Crippen molar-refractivity contribution in [1.82, 2.24) is 0 Å². The van der Waals surface area contributed by atoms with Crippen LogP contribution in [0.3, 0.4) is 0 Å². The number of carbonyl (C=O) groups is 1. The maximum Gasteiger partial charge on any atom is 0.229 e. The molecule has 0 unspecified atom stereocenters. The van der Waals surface area contributed by atoms with Crippen LogP contribution in [0.25, 0.3) is 0 Å². The fourth-order valence-corrected chi connectivity index (χ4v) is 2.51. The summed E-state index contributed by atoms with van der Waals surface area (Å²) in [6.07, 6.45) is 0.107. The number of nitrogens with one attached hydrogen (secondary N) is 1. The van der Waals surface area contributed by atoms with E-state index in [-0.39, 0.29) is 12.3 Å². The van der Waals surface area contributed by atoms with E-state index in [4.69, 9.17) is 27.9 Å². The number of hydrogen-bond donors (Lipinski definition) is 1. The van der Waals surface area contributed by atoms with Gasteiger partial charge in [0.25, 0.3) is 0 Å². The van der Waals surface area contributed by atoms with Crippen LogP contribution >= 0.6 is 23.2 Å². The molecule has 0 fully saturated rings. The average molecular weight is 324 g/mol. The lowest BCUT2D eigenvalue weighted by molar-refractivity contribution is -0.115. The van der Waals surface area contributed by atoms with Gasteiger partial charge < -0.3 is 10.1 Å². The van der Waals surface area contributed by atoms with Crippen molar-refractivity contribution in [3.63, 3.8) is 0 Å². The van der Waals surface area contributed by atoms with Crippen LogP contribution in [0.5, 0.6) is 5.75 Å². The Labute approximate surface area is 133 Å². The largest absolute Gasteiger partial charge is 0.495 e. The number of anilines is 1. The normalized spacial score (nSPS) is 10.3. The van der Waals surface area contributed by atoms with Crippen molar-refractivity contribution in [1.29, 1.82) is 0 Å². The molecule has 2 aromatic carbocycles. The first-order valence-electron chi connectivity index (χ1n) is 6.38. The number of ether oxygens (including phenoxy) is 1. The van der Waals surface area contributed by atoms with Gasteiger partial charge in [-0.05, 0) is 42.3 Å². The van der Waals surface area contributed by atoms with E-state index in [9.17, 15) is 4.79 Å². The topological polar surface area (TPSA) is 38.3 Å². The first-order chi connectivity index (χ1) is 10.0. The summed E-state index contributed by atoms with van der Waals surface area (Å²) in [5.74, 6) is 0.410. The van der Waals surface area contributed by atoms with Crippen molar-refractivity contribution in [3.05, 3.63) is 57.6 Å². The zero-order valence-electron chi connectivity index (χ0n) is 11.7. The lowest BCUT2D eigenvalue weighted by Gasteiger charge is -2.12. The Kier molecular flexibility index (Phi) is 5.10. The maximum atomic E-state index is 12.2. The summed E-state index contributed by atoms with van der Waals surface area (Å²) < 4.78 is 5.23. The van der Waals surface area contributed by atoms with Gasteiger partial charge in [-0.3, -0.25) is 4.79 Å². The van der Waals surface area contributed by atoms with Crippen LogP contribution in [0.2, 0.25) is 10.0 Å². The maximum absolute atomic E-state index is 12.2. The molecule has 0 aliphatic rings. The Morgan fingerprint density at radius 2 is 1.86 bits per heavy atom. The standard InChI is InChI=1S/C16H15Cl2NO2/c1-10-6-7-15(21-2)14(8-10)19-16(20)9-11-12(17)4-3-5-13(11)18/h3-8H,9H2,1-2H3,(H,19,20). The summed E-state index contributed by atoms with van der Waals surface area (Å²) in [4.78, 5) is 12.2. The van der Waals surface area contributed by atoms with E-state index in [0.29, 0.717) is 27.0 Å². The fourth-order valence-electron chi connectivity index (χ4n) is 1.98. The Hall–Kier alpha value is -1.71. The number of halogens is 2. The van der Waals surface area contributed by atoms with Crippen LogP contribution in [0.1, 0.15) is 11.1 Å². The second kappa shape index (κ2) is 6.83. The second-order valence-electron chi connectivity index (χ2n) is 4.63. The number of methoxy groups -OCH3 is 1. The third kappa shape index (κ3) is 3.90. The molecule has 21 heavy (non-hydrogen) atoms. The Morgan fingerprint density at radius 3 is 2.48 bits per heavy atom. The summed E-state index contributed by atoms with van der Waals surface area (Å²) in [6, 6.07) is 10.8. The molecule has 0 spiro atoms. The fraction of sp³-hybridized carbons (Fsp3) is 0.188. The lowest BCUT2D eigenvalue weighted by atomic mass is 10.1. The van der Waals surface area contributed by atoms with E-state index in [2.05, 4.69) is 5.32 Å². The van der Waals surface area contributed by atoms with E-state index >= 15 is 0 Å². The minimum atomic E-state index is -0.200. The minimum Gasteiger partial charge on any atom is -0.495 e. The van der Waals surface area contributed by atoms with E-state index in [1.54, 1.807) is 25.3 Å². The van der Waals surface area contributed by atoms with Gasteiger partial charge in [-0.1, -0.05) is 35.3 Å². The van der Waals surface area contributed by atoms with Crippen LogP contribution in [0, 0.1) is 6.92 Å². The molecule has 1 amide bonds. The number of amides is 1. The molecule has 0 heterocycles. The van der Waals surface area contributed by atoms with Gasteiger partial charge >= 0.3 is 0 Å². The number of hydrogen-bond acceptors (Lipinski definition) is 2. The highest BCUT2D eigenvalue weighted by Gasteiger charge is 2.13. The van der Waals surface area contributed by atoms with E-state index in [0.717, 1.165) is 5.56 Å². The van der Waals surface area contributed by atoms with E-state index in [1.165, 1.54) is 0 Å². The highest BCUT2D eigenvalue weighted by Crippen LogP contribution is 2.27. The molecule has 0 radical (unpaired) electrons. The van der Waals surface area contributed by atoms with Crippen molar-refractivity contribution in [2.45, 2.75) is 13.3 Å². The Morgan fingerprint density at radius 1 is 1.19 bits per heavy atom. The zero-order valence-corrected chi connectivity index (χ0v) is 13.3. The molecule has 0 bridgehead atoms. The van der Waals surface area contributed by atoms with Gasteiger partial charge in [0.1, 0.15) is 5.75 Å². The third-order valence-corrected chi connectivity index (χ3v) is 3.74. The van der Waals surface area contributed by atoms with Crippen LogP contribution in [-0.4, -0.2) is 13.0 Å². The van der Waals surface area contributed by atoms with Crippen molar-refractivity contribution in [2.75, 3.05) is 12.4 Å². The monoisotopic (exact) mass is 323 g/mol. The van der Waals surface area contributed by atoms with Crippen molar-refractivity contribution >= 4 is 34.8 Å². The molecular formula is C16H15Cl2NO2. The van der Waals surface area contributed by atoms with Crippen LogP contribution in [-0.2, 0) is 11.2 Å². The molecule has 0 saturated heterocycles. The zero-order chi connectivity index (χ0) is 15.4. The number of carbonyl (C=O) groups excluding carboxylic acids is 1. The Balaban J connectivity index is 2.17. The third-order valence-electron chi connectivity index (χ3n) is 3.03. The minimum absolute atomic E-state index is 0.107. The molecule has 1 N–H and O–H groups in total. The molecular weight excluding hydrogens is 309 g/mol. The molecule has 0 atom stereocenters. The SMILES string of the molecule is COc1ccc(C)cc1NC(=O)Cc1c(Cl)cccc1Cl. The highest BCUT2D eigenvalue weighted by atomic mass is 35.5. The lowest BCUT2D eigenvalue weighted by Crippen LogP contribution is -2.15. The number of aryl methyl sites for hydroxylation is 1. The summed E-state index contributed by atoms with van der Waals surface area (Å²) >= 11 is 12.1. The quantitative estimate of drug-likeness (QED) is 0.900. The smallest absolute Gasteiger partial charge is 0.229 e. The summed E-state index contributed by atoms with van der Waals surface area (Å²) in [5, 5.41) is 3.78. The second-order valence-corrected chi connectivity index (χ2v) is 5.44.